The zero-order valence-corrected chi connectivity index (χ0v) is 13.5. The van der Waals surface area contributed by atoms with E-state index >= 15 is 0 Å². The average molecular weight is 288 g/mol. The Morgan fingerprint density at radius 3 is 2.67 bits per heavy atom. The van der Waals surface area contributed by atoms with Gasteiger partial charge in [-0.15, -0.1) is 0 Å². The highest BCUT2D eigenvalue weighted by molar-refractivity contribution is 5.28. The third kappa shape index (κ3) is 3.61. The molecule has 0 aliphatic carbocycles. The van der Waals surface area contributed by atoms with Gasteiger partial charge < -0.3 is 10.1 Å². The summed E-state index contributed by atoms with van der Waals surface area (Å²) in [6.45, 7) is 10.7. The van der Waals surface area contributed by atoms with Crippen molar-refractivity contribution in [2.45, 2.75) is 40.8 Å². The average Bonchev–Trinajstić information content (AvgIpc) is 2.70. The molecule has 0 unspecified atom stereocenters. The molecule has 114 valence electrons. The van der Waals surface area contributed by atoms with E-state index in [4.69, 9.17) is 4.74 Å². The maximum absolute atomic E-state index is 5.31. The Balaban J connectivity index is 2.25. The predicted molar refractivity (Wildman–Crippen MR) is 83.7 cm³/mol. The van der Waals surface area contributed by atoms with Crippen LogP contribution in [-0.4, -0.2) is 28.4 Å². The molecule has 0 amide bonds. The van der Waals surface area contributed by atoms with Gasteiger partial charge >= 0.3 is 0 Å². The minimum atomic E-state index is 0.664. The van der Waals surface area contributed by atoms with Crippen molar-refractivity contribution in [2.24, 2.45) is 0 Å². The molecule has 5 heteroatoms. The molecule has 21 heavy (non-hydrogen) atoms. The molecule has 0 saturated carbocycles. The number of hydrogen-bond donors (Lipinski definition) is 1. The van der Waals surface area contributed by atoms with Gasteiger partial charge in [0, 0.05) is 35.6 Å². The summed E-state index contributed by atoms with van der Waals surface area (Å²) < 4.78 is 7.32. The fraction of sp³-hybridized carbons (Fsp3) is 0.500. The second kappa shape index (κ2) is 6.72. The van der Waals surface area contributed by atoms with E-state index in [-0.39, 0.29) is 0 Å². The SMILES string of the molecule is CCNCc1c(C)nn(Cc2cc(OC)cc(C)n2)c1C. The Bertz CT molecular complexity index is 619. The number of rotatable bonds is 6. The Kier molecular flexibility index (Phi) is 4.96. The molecule has 5 nitrogen and oxygen atoms in total. The van der Waals surface area contributed by atoms with Crippen LogP contribution >= 0.6 is 0 Å². The summed E-state index contributed by atoms with van der Waals surface area (Å²) in [7, 11) is 1.68. The second-order valence-electron chi connectivity index (χ2n) is 5.23. The zero-order valence-electron chi connectivity index (χ0n) is 13.5. The number of hydrogen-bond acceptors (Lipinski definition) is 4. The van der Waals surface area contributed by atoms with Crippen LogP contribution in [-0.2, 0) is 13.1 Å². The van der Waals surface area contributed by atoms with Crippen LogP contribution in [0.1, 0.15) is 35.3 Å². The lowest BCUT2D eigenvalue weighted by Crippen LogP contribution is -2.13. The predicted octanol–water partition coefficient (Wildman–Crippen LogP) is 2.37. The molecule has 0 aliphatic heterocycles. The van der Waals surface area contributed by atoms with E-state index in [1.165, 1.54) is 11.3 Å². The molecule has 0 aliphatic rings. The summed E-state index contributed by atoms with van der Waals surface area (Å²) in [4.78, 5) is 4.56. The number of pyridine rings is 1. The summed E-state index contributed by atoms with van der Waals surface area (Å²) in [6, 6.07) is 3.90. The van der Waals surface area contributed by atoms with Gasteiger partial charge in [0.25, 0.3) is 0 Å². The number of ether oxygens (including phenoxy) is 1. The Morgan fingerprint density at radius 1 is 1.24 bits per heavy atom. The van der Waals surface area contributed by atoms with Crippen molar-refractivity contribution in [3.63, 3.8) is 0 Å². The summed E-state index contributed by atoms with van der Waals surface area (Å²) in [6.07, 6.45) is 0. The van der Waals surface area contributed by atoms with Gasteiger partial charge in [-0.1, -0.05) is 6.92 Å². The van der Waals surface area contributed by atoms with Crippen molar-refractivity contribution in [2.75, 3.05) is 13.7 Å². The number of nitrogens with one attached hydrogen (secondary N) is 1. The van der Waals surface area contributed by atoms with Crippen molar-refractivity contribution in [1.82, 2.24) is 20.1 Å². The number of aromatic nitrogens is 3. The van der Waals surface area contributed by atoms with Crippen molar-refractivity contribution >= 4 is 0 Å². The van der Waals surface area contributed by atoms with Crippen molar-refractivity contribution in [3.8, 4) is 5.75 Å². The standard InChI is InChI=1S/C16H24N4O/c1-6-17-9-16-12(3)19-20(13(16)4)10-14-8-15(21-5)7-11(2)18-14/h7-8,17H,6,9-10H2,1-5H3. The van der Waals surface area contributed by atoms with Crippen molar-refractivity contribution < 1.29 is 4.74 Å². The highest BCUT2D eigenvalue weighted by Gasteiger charge is 2.12. The van der Waals surface area contributed by atoms with Crippen LogP contribution in [0.25, 0.3) is 0 Å². The van der Waals surface area contributed by atoms with E-state index < -0.39 is 0 Å². The fourth-order valence-electron chi connectivity index (χ4n) is 2.45. The summed E-state index contributed by atoms with van der Waals surface area (Å²) in [5.74, 6) is 0.840. The van der Waals surface area contributed by atoms with E-state index in [1.54, 1.807) is 7.11 Å². The lowest BCUT2D eigenvalue weighted by molar-refractivity contribution is 0.412. The van der Waals surface area contributed by atoms with Gasteiger partial charge in [-0.2, -0.15) is 5.10 Å². The normalized spacial score (nSPS) is 10.9. The summed E-state index contributed by atoms with van der Waals surface area (Å²) in [5.41, 5.74) is 5.46. The van der Waals surface area contributed by atoms with E-state index in [0.717, 1.165) is 35.9 Å². The first-order valence-corrected chi connectivity index (χ1v) is 7.30. The van der Waals surface area contributed by atoms with Crippen LogP contribution in [0.3, 0.4) is 0 Å². The summed E-state index contributed by atoms with van der Waals surface area (Å²) >= 11 is 0. The number of nitrogens with zero attached hydrogens (tertiary/aromatic N) is 3. The van der Waals surface area contributed by atoms with Crippen LogP contribution in [0.4, 0.5) is 0 Å². The Labute approximate surface area is 126 Å². The summed E-state index contributed by atoms with van der Waals surface area (Å²) in [5, 5.41) is 8.00. The first-order valence-electron chi connectivity index (χ1n) is 7.30. The van der Waals surface area contributed by atoms with E-state index in [0.29, 0.717) is 6.54 Å². The van der Waals surface area contributed by atoms with Gasteiger partial charge in [0.2, 0.25) is 0 Å². The molecule has 1 N–H and O–H groups in total. The van der Waals surface area contributed by atoms with Crippen LogP contribution in [0.15, 0.2) is 12.1 Å². The molecule has 0 bridgehead atoms. The molecule has 0 saturated heterocycles. The molecule has 0 spiro atoms. The molecular formula is C16H24N4O. The largest absolute Gasteiger partial charge is 0.497 e. The van der Waals surface area contributed by atoms with E-state index in [2.05, 4.69) is 36.2 Å². The van der Waals surface area contributed by atoms with Crippen LogP contribution < -0.4 is 10.1 Å². The van der Waals surface area contributed by atoms with Crippen LogP contribution in [0.2, 0.25) is 0 Å². The Hall–Kier alpha value is -1.88. The van der Waals surface area contributed by atoms with E-state index in [1.807, 2.05) is 23.7 Å². The molecule has 0 fully saturated rings. The van der Waals surface area contributed by atoms with Gasteiger partial charge in [0.15, 0.2) is 0 Å². The van der Waals surface area contributed by atoms with Gasteiger partial charge in [-0.25, -0.2) is 0 Å². The third-order valence-electron chi connectivity index (χ3n) is 3.61. The van der Waals surface area contributed by atoms with Gasteiger partial charge in [-0.3, -0.25) is 9.67 Å². The second-order valence-corrected chi connectivity index (χ2v) is 5.23. The monoisotopic (exact) mass is 288 g/mol. The van der Waals surface area contributed by atoms with Gasteiger partial charge in [-0.05, 0) is 27.3 Å². The molecule has 0 radical (unpaired) electrons. The topological polar surface area (TPSA) is 52.0 Å². The molecular weight excluding hydrogens is 264 g/mol. The maximum Gasteiger partial charge on any atom is 0.122 e. The van der Waals surface area contributed by atoms with E-state index in [9.17, 15) is 0 Å². The fourth-order valence-corrected chi connectivity index (χ4v) is 2.45. The molecule has 0 aromatic carbocycles. The first-order chi connectivity index (χ1) is 10.0. The zero-order chi connectivity index (χ0) is 15.4. The van der Waals surface area contributed by atoms with Crippen LogP contribution in [0.5, 0.6) is 5.75 Å². The maximum atomic E-state index is 5.31. The number of methoxy groups -OCH3 is 1. The highest BCUT2D eigenvalue weighted by atomic mass is 16.5. The molecule has 2 aromatic rings. The molecule has 2 rings (SSSR count). The first kappa shape index (κ1) is 15.5. The lowest BCUT2D eigenvalue weighted by Gasteiger charge is -2.08. The van der Waals surface area contributed by atoms with Gasteiger partial charge in [0.05, 0.1) is 25.0 Å². The third-order valence-corrected chi connectivity index (χ3v) is 3.61. The number of aryl methyl sites for hydroxylation is 2. The minimum absolute atomic E-state index is 0.664. The lowest BCUT2D eigenvalue weighted by atomic mass is 10.2. The Morgan fingerprint density at radius 2 is 2.00 bits per heavy atom. The molecule has 2 heterocycles. The van der Waals surface area contributed by atoms with Crippen LogP contribution in [0, 0.1) is 20.8 Å². The molecule has 0 atom stereocenters. The highest BCUT2D eigenvalue weighted by Crippen LogP contribution is 2.17. The minimum Gasteiger partial charge on any atom is -0.497 e. The van der Waals surface area contributed by atoms with Crippen molar-refractivity contribution in [3.05, 3.63) is 40.5 Å². The smallest absolute Gasteiger partial charge is 0.122 e. The van der Waals surface area contributed by atoms with Gasteiger partial charge in [0.1, 0.15) is 5.75 Å². The molecule has 2 aromatic heterocycles. The van der Waals surface area contributed by atoms with Crippen molar-refractivity contribution in [1.29, 1.82) is 0 Å². The quantitative estimate of drug-likeness (QED) is 0.886.